The lowest BCUT2D eigenvalue weighted by Gasteiger charge is -2.08. The highest BCUT2D eigenvalue weighted by Crippen LogP contribution is 2.24. The minimum Gasteiger partial charge on any atom is -0.483 e. The second-order valence-corrected chi connectivity index (χ2v) is 4.52. The van der Waals surface area contributed by atoms with Gasteiger partial charge in [-0.25, -0.2) is 0 Å². The largest absolute Gasteiger partial charge is 0.483 e. The third-order valence-electron chi connectivity index (χ3n) is 3.16. The van der Waals surface area contributed by atoms with Gasteiger partial charge in [0.15, 0.2) is 0 Å². The van der Waals surface area contributed by atoms with E-state index in [4.69, 9.17) is 9.15 Å². The zero-order valence-corrected chi connectivity index (χ0v) is 11.3. The smallest absolute Gasteiger partial charge is 0.146 e. The molecule has 1 N–H and O–H groups in total. The number of hydrogen-bond donors (Lipinski definition) is 1. The second-order valence-electron chi connectivity index (χ2n) is 4.52. The highest BCUT2D eigenvalue weighted by Gasteiger charge is 2.08. The van der Waals surface area contributed by atoms with Crippen molar-refractivity contribution in [3.8, 4) is 5.75 Å². The number of nitrogens with one attached hydrogen (secondary N) is 1. The van der Waals surface area contributed by atoms with Gasteiger partial charge in [-0.1, -0.05) is 18.2 Å². The van der Waals surface area contributed by atoms with Crippen LogP contribution in [0.5, 0.6) is 5.75 Å². The standard InChI is InChI=1S/C16H16N2O2/c1-17-10-13-7-9-19-15(13)11-20-14-6-2-4-12-5-3-8-18-16(12)14/h2-9,17H,10-11H2,1H3. The van der Waals surface area contributed by atoms with Gasteiger partial charge in [-0.15, -0.1) is 0 Å². The molecule has 20 heavy (non-hydrogen) atoms. The van der Waals surface area contributed by atoms with Crippen LogP contribution >= 0.6 is 0 Å². The van der Waals surface area contributed by atoms with Crippen LogP contribution in [0.15, 0.2) is 53.3 Å². The van der Waals surface area contributed by atoms with Crippen LogP contribution in [0.25, 0.3) is 10.9 Å². The van der Waals surface area contributed by atoms with Crippen LogP contribution < -0.4 is 10.1 Å². The van der Waals surface area contributed by atoms with Crippen molar-refractivity contribution in [3.05, 3.63) is 60.2 Å². The van der Waals surface area contributed by atoms with Crippen molar-refractivity contribution in [2.75, 3.05) is 7.05 Å². The predicted octanol–water partition coefficient (Wildman–Crippen LogP) is 3.13. The Balaban J connectivity index is 1.81. The van der Waals surface area contributed by atoms with E-state index in [-0.39, 0.29) is 0 Å². The molecule has 0 aliphatic heterocycles. The molecule has 0 saturated heterocycles. The SMILES string of the molecule is CNCc1ccoc1COc1cccc2cccnc12. The summed E-state index contributed by atoms with van der Waals surface area (Å²) in [5, 5.41) is 4.18. The van der Waals surface area contributed by atoms with Gasteiger partial charge in [-0.3, -0.25) is 4.98 Å². The van der Waals surface area contributed by atoms with E-state index in [2.05, 4.69) is 10.3 Å². The Morgan fingerprint density at radius 2 is 2.10 bits per heavy atom. The Bertz CT molecular complexity index is 701. The van der Waals surface area contributed by atoms with Gasteiger partial charge in [0.1, 0.15) is 23.6 Å². The number of benzene rings is 1. The molecular weight excluding hydrogens is 252 g/mol. The fourth-order valence-corrected chi connectivity index (χ4v) is 2.18. The number of fused-ring (bicyclic) bond motifs is 1. The van der Waals surface area contributed by atoms with Crippen LogP contribution in [0.3, 0.4) is 0 Å². The third kappa shape index (κ3) is 2.51. The minimum absolute atomic E-state index is 0.402. The summed E-state index contributed by atoms with van der Waals surface area (Å²) < 4.78 is 11.3. The van der Waals surface area contributed by atoms with Crippen LogP contribution in [0, 0.1) is 0 Å². The minimum atomic E-state index is 0.402. The molecule has 0 aliphatic rings. The zero-order valence-electron chi connectivity index (χ0n) is 11.3. The summed E-state index contributed by atoms with van der Waals surface area (Å²) in [6.45, 7) is 1.17. The van der Waals surface area contributed by atoms with Crippen molar-refractivity contribution in [1.29, 1.82) is 0 Å². The Morgan fingerprint density at radius 3 is 3.00 bits per heavy atom. The van der Waals surface area contributed by atoms with Crippen LogP contribution in [0.1, 0.15) is 11.3 Å². The Morgan fingerprint density at radius 1 is 1.20 bits per heavy atom. The lowest BCUT2D eigenvalue weighted by molar-refractivity contribution is 0.270. The highest BCUT2D eigenvalue weighted by atomic mass is 16.5. The molecular formula is C16H16N2O2. The van der Waals surface area contributed by atoms with Gasteiger partial charge in [0.25, 0.3) is 0 Å². The van der Waals surface area contributed by atoms with Crippen LogP contribution in [-0.2, 0) is 13.2 Å². The first-order valence-electron chi connectivity index (χ1n) is 6.55. The molecule has 3 aromatic rings. The first-order chi connectivity index (χ1) is 9.88. The van der Waals surface area contributed by atoms with E-state index in [0.29, 0.717) is 6.61 Å². The van der Waals surface area contributed by atoms with Gasteiger partial charge in [0, 0.05) is 23.7 Å². The van der Waals surface area contributed by atoms with Crippen molar-refractivity contribution >= 4 is 10.9 Å². The number of hydrogen-bond acceptors (Lipinski definition) is 4. The van der Waals surface area contributed by atoms with Crippen molar-refractivity contribution < 1.29 is 9.15 Å². The number of rotatable bonds is 5. The molecule has 1 aromatic carbocycles. The zero-order chi connectivity index (χ0) is 13.8. The van der Waals surface area contributed by atoms with Crippen LogP contribution in [-0.4, -0.2) is 12.0 Å². The highest BCUT2D eigenvalue weighted by molar-refractivity contribution is 5.84. The van der Waals surface area contributed by atoms with E-state index in [0.717, 1.165) is 34.5 Å². The van der Waals surface area contributed by atoms with E-state index in [1.807, 2.05) is 43.4 Å². The molecule has 0 radical (unpaired) electrons. The molecule has 102 valence electrons. The second kappa shape index (κ2) is 5.75. The molecule has 2 aromatic heterocycles. The maximum Gasteiger partial charge on any atom is 0.146 e. The molecule has 0 unspecified atom stereocenters. The monoisotopic (exact) mass is 268 g/mol. The Kier molecular flexibility index (Phi) is 3.65. The van der Waals surface area contributed by atoms with Crippen molar-refractivity contribution in [2.45, 2.75) is 13.2 Å². The fraction of sp³-hybridized carbons (Fsp3) is 0.188. The van der Waals surface area contributed by atoms with Gasteiger partial charge in [0.05, 0.1) is 6.26 Å². The number of para-hydroxylation sites is 1. The molecule has 4 nitrogen and oxygen atoms in total. The quantitative estimate of drug-likeness (QED) is 0.772. The summed E-state index contributed by atoms with van der Waals surface area (Å²) in [5.74, 6) is 1.61. The summed E-state index contributed by atoms with van der Waals surface area (Å²) in [5.41, 5.74) is 1.98. The lowest BCUT2D eigenvalue weighted by atomic mass is 10.2. The summed E-state index contributed by atoms with van der Waals surface area (Å²) >= 11 is 0. The van der Waals surface area contributed by atoms with Crippen molar-refractivity contribution in [2.24, 2.45) is 0 Å². The predicted molar refractivity (Wildman–Crippen MR) is 77.5 cm³/mol. The summed E-state index contributed by atoms with van der Waals surface area (Å²) in [6.07, 6.45) is 3.46. The summed E-state index contributed by atoms with van der Waals surface area (Å²) in [4.78, 5) is 4.37. The Hall–Kier alpha value is -2.33. The summed E-state index contributed by atoms with van der Waals surface area (Å²) in [6, 6.07) is 11.8. The van der Waals surface area contributed by atoms with Gasteiger partial charge >= 0.3 is 0 Å². The number of furan rings is 1. The summed E-state index contributed by atoms with van der Waals surface area (Å²) in [7, 11) is 1.91. The molecule has 0 aliphatic carbocycles. The van der Waals surface area contributed by atoms with Crippen LogP contribution in [0.4, 0.5) is 0 Å². The average Bonchev–Trinajstić information content (AvgIpc) is 2.93. The van der Waals surface area contributed by atoms with Crippen molar-refractivity contribution in [3.63, 3.8) is 0 Å². The number of ether oxygens (including phenoxy) is 1. The Labute approximate surface area is 117 Å². The molecule has 0 saturated carbocycles. The van der Waals surface area contributed by atoms with E-state index >= 15 is 0 Å². The van der Waals surface area contributed by atoms with E-state index in [1.165, 1.54) is 0 Å². The van der Waals surface area contributed by atoms with Crippen LogP contribution in [0.2, 0.25) is 0 Å². The lowest BCUT2D eigenvalue weighted by Crippen LogP contribution is -2.07. The number of aromatic nitrogens is 1. The molecule has 0 bridgehead atoms. The molecule has 0 spiro atoms. The first-order valence-corrected chi connectivity index (χ1v) is 6.55. The molecule has 2 heterocycles. The molecule has 0 fully saturated rings. The maximum atomic E-state index is 5.87. The third-order valence-corrected chi connectivity index (χ3v) is 3.16. The molecule has 4 heteroatoms. The van der Waals surface area contributed by atoms with E-state index in [9.17, 15) is 0 Å². The van der Waals surface area contributed by atoms with Gasteiger partial charge in [-0.2, -0.15) is 0 Å². The van der Waals surface area contributed by atoms with Gasteiger partial charge in [-0.05, 0) is 25.2 Å². The van der Waals surface area contributed by atoms with Gasteiger partial charge < -0.3 is 14.5 Å². The van der Waals surface area contributed by atoms with E-state index < -0.39 is 0 Å². The number of nitrogens with zero attached hydrogens (tertiary/aromatic N) is 1. The molecule has 0 amide bonds. The normalized spacial score (nSPS) is 10.8. The van der Waals surface area contributed by atoms with E-state index in [1.54, 1.807) is 12.5 Å². The van der Waals surface area contributed by atoms with Gasteiger partial charge in [0.2, 0.25) is 0 Å². The fourth-order valence-electron chi connectivity index (χ4n) is 2.18. The molecule has 3 rings (SSSR count). The molecule has 0 atom stereocenters. The van der Waals surface area contributed by atoms with Crippen molar-refractivity contribution in [1.82, 2.24) is 10.3 Å². The average molecular weight is 268 g/mol. The number of pyridine rings is 1. The maximum absolute atomic E-state index is 5.87. The first kappa shape index (κ1) is 12.7. The topological polar surface area (TPSA) is 47.3 Å².